The van der Waals surface area contributed by atoms with Gasteiger partial charge in [0.15, 0.2) is 11.5 Å². The molecular weight excluding hydrogens is 372 g/mol. The molecule has 0 radical (unpaired) electrons. The van der Waals surface area contributed by atoms with E-state index in [1.165, 1.54) is 6.20 Å². The topological polar surface area (TPSA) is 116 Å². The van der Waals surface area contributed by atoms with Gasteiger partial charge in [-0.05, 0) is 25.0 Å². The Morgan fingerprint density at radius 3 is 2.97 bits per heavy atom. The average Bonchev–Trinajstić information content (AvgIpc) is 3.34. The van der Waals surface area contributed by atoms with Gasteiger partial charge in [0.25, 0.3) is 5.56 Å². The zero-order valence-corrected chi connectivity index (χ0v) is 15.9. The minimum absolute atomic E-state index is 0.101. The molecule has 2 N–H and O–H groups in total. The van der Waals surface area contributed by atoms with Crippen molar-refractivity contribution in [3.63, 3.8) is 0 Å². The molecule has 5 rings (SSSR count). The van der Waals surface area contributed by atoms with E-state index < -0.39 is 0 Å². The first-order valence-electron chi connectivity index (χ1n) is 9.45. The number of aryl methyl sites for hydroxylation is 1. The number of aromatic nitrogens is 7. The highest BCUT2D eigenvalue weighted by Gasteiger charge is 2.25. The van der Waals surface area contributed by atoms with Crippen LogP contribution in [0.2, 0.25) is 0 Å². The molecule has 1 atom stereocenters. The first kappa shape index (κ1) is 17.6. The number of nitrogens with one attached hydrogen (secondary N) is 2. The SMILES string of the molecule is COCc1nc2n(n1)CCCC2Nc1nc2c(cnn2-c2ccccc2)c(=O)[nH]1. The normalized spacial score (nSPS) is 16.1. The predicted octanol–water partition coefficient (Wildman–Crippen LogP) is 1.79. The third kappa shape index (κ3) is 3.17. The molecule has 0 aliphatic carbocycles. The fourth-order valence-electron chi connectivity index (χ4n) is 3.64. The van der Waals surface area contributed by atoms with Crippen LogP contribution in [-0.4, -0.2) is 41.6 Å². The molecule has 148 valence electrons. The van der Waals surface area contributed by atoms with E-state index >= 15 is 0 Å². The number of fused-ring (bicyclic) bond motifs is 2. The number of methoxy groups -OCH3 is 1. The van der Waals surface area contributed by atoms with Crippen LogP contribution < -0.4 is 10.9 Å². The van der Waals surface area contributed by atoms with E-state index in [0.717, 1.165) is 30.9 Å². The predicted molar refractivity (Wildman–Crippen MR) is 106 cm³/mol. The average molecular weight is 392 g/mol. The van der Waals surface area contributed by atoms with Gasteiger partial charge in [0, 0.05) is 13.7 Å². The summed E-state index contributed by atoms with van der Waals surface area (Å²) in [5, 5.41) is 12.6. The summed E-state index contributed by atoms with van der Waals surface area (Å²) >= 11 is 0. The number of rotatable bonds is 5. The summed E-state index contributed by atoms with van der Waals surface area (Å²) in [7, 11) is 1.62. The monoisotopic (exact) mass is 392 g/mol. The number of nitrogens with zero attached hydrogens (tertiary/aromatic N) is 6. The highest BCUT2D eigenvalue weighted by Crippen LogP contribution is 2.26. The number of benzene rings is 1. The zero-order chi connectivity index (χ0) is 19.8. The fraction of sp³-hybridized carbons (Fsp3) is 0.316. The van der Waals surface area contributed by atoms with Gasteiger partial charge in [0.1, 0.15) is 17.8 Å². The van der Waals surface area contributed by atoms with Gasteiger partial charge >= 0.3 is 0 Å². The lowest BCUT2D eigenvalue weighted by Gasteiger charge is -2.23. The van der Waals surface area contributed by atoms with Crippen LogP contribution in [0.15, 0.2) is 41.3 Å². The van der Waals surface area contributed by atoms with Crippen LogP contribution in [0.3, 0.4) is 0 Å². The lowest BCUT2D eigenvalue weighted by atomic mass is 10.1. The fourth-order valence-corrected chi connectivity index (χ4v) is 3.64. The molecule has 10 heteroatoms. The smallest absolute Gasteiger partial charge is 0.263 e. The van der Waals surface area contributed by atoms with Crippen molar-refractivity contribution in [2.24, 2.45) is 0 Å². The summed E-state index contributed by atoms with van der Waals surface area (Å²) in [5.74, 6) is 1.85. The maximum Gasteiger partial charge on any atom is 0.263 e. The van der Waals surface area contributed by atoms with E-state index in [9.17, 15) is 4.79 Å². The standard InChI is InChI=1S/C19H20N8O2/c1-29-11-15-22-17-14(8-5-9-26(17)25-15)21-19-23-16-13(18(28)24-19)10-20-27(16)12-6-3-2-4-7-12/h2-4,6-7,10,14H,5,8-9,11H2,1H3,(H2,21,23,24,28). The van der Waals surface area contributed by atoms with Crippen LogP contribution in [0, 0.1) is 0 Å². The van der Waals surface area contributed by atoms with Crippen LogP contribution in [-0.2, 0) is 17.9 Å². The Morgan fingerprint density at radius 2 is 2.14 bits per heavy atom. The molecule has 0 saturated heterocycles. The molecule has 0 amide bonds. The number of H-pyrrole nitrogens is 1. The molecule has 1 unspecified atom stereocenters. The van der Waals surface area contributed by atoms with E-state index in [2.05, 4.69) is 30.5 Å². The van der Waals surface area contributed by atoms with Crippen molar-refractivity contribution in [3.05, 3.63) is 58.5 Å². The van der Waals surface area contributed by atoms with E-state index in [4.69, 9.17) is 4.74 Å². The van der Waals surface area contributed by atoms with Gasteiger partial charge in [0.05, 0.1) is 17.9 Å². The maximum atomic E-state index is 12.6. The molecule has 1 aromatic carbocycles. The molecule has 0 spiro atoms. The van der Waals surface area contributed by atoms with Gasteiger partial charge in [-0.25, -0.2) is 14.3 Å². The van der Waals surface area contributed by atoms with Crippen LogP contribution in [0.4, 0.5) is 5.95 Å². The van der Waals surface area contributed by atoms with Crippen molar-refractivity contribution >= 4 is 17.0 Å². The molecule has 3 aromatic heterocycles. The van der Waals surface area contributed by atoms with Gasteiger partial charge < -0.3 is 10.1 Å². The third-order valence-electron chi connectivity index (χ3n) is 4.94. The summed E-state index contributed by atoms with van der Waals surface area (Å²) in [6.45, 7) is 1.18. The Morgan fingerprint density at radius 1 is 1.28 bits per heavy atom. The Hall–Kier alpha value is -3.53. The van der Waals surface area contributed by atoms with Gasteiger partial charge in [0.2, 0.25) is 5.95 Å². The van der Waals surface area contributed by atoms with Crippen molar-refractivity contribution in [3.8, 4) is 5.69 Å². The lowest BCUT2D eigenvalue weighted by molar-refractivity contribution is 0.177. The third-order valence-corrected chi connectivity index (χ3v) is 4.94. The highest BCUT2D eigenvalue weighted by molar-refractivity contribution is 5.76. The molecule has 0 bridgehead atoms. The molecule has 1 aliphatic rings. The number of para-hydroxylation sites is 1. The second-order valence-electron chi connectivity index (χ2n) is 6.93. The largest absolute Gasteiger partial charge is 0.377 e. The Kier molecular flexibility index (Phi) is 4.32. The summed E-state index contributed by atoms with van der Waals surface area (Å²) in [5.41, 5.74) is 1.10. The lowest BCUT2D eigenvalue weighted by Crippen LogP contribution is -2.24. The van der Waals surface area contributed by atoms with Gasteiger partial charge in [-0.3, -0.25) is 9.78 Å². The van der Waals surface area contributed by atoms with E-state index in [-0.39, 0.29) is 11.6 Å². The summed E-state index contributed by atoms with van der Waals surface area (Å²) in [6.07, 6.45) is 3.35. The van der Waals surface area contributed by atoms with Crippen molar-refractivity contribution in [2.75, 3.05) is 12.4 Å². The number of hydrogen-bond acceptors (Lipinski definition) is 7. The summed E-state index contributed by atoms with van der Waals surface area (Å²) < 4.78 is 8.69. The molecule has 4 aromatic rings. The molecule has 29 heavy (non-hydrogen) atoms. The molecule has 1 aliphatic heterocycles. The van der Waals surface area contributed by atoms with Crippen molar-refractivity contribution < 1.29 is 4.74 Å². The van der Waals surface area contributed by atoms with Crippen molar-refractivity contribution in [1.29, 1.82) is 0 Å². The van der Waals surface area contributed by atoms with E-state index in [1.807, 2.05) is 35.0 Å². The van der Waals surface area contributed by atoms with E-state index in [1.54, 1.807) is 11.8 Å². The minimum atomic E-state index is -0.239. The summed E-state index contributed by atoms with van der Waals surface area (Å²) in [4.78, 5) is 24.6. The molecule has 0 fully saturated rings. The molecular formula is C19H20N8O2. The van der Waals surface area contributed by atoms with Crippen molar-refractivity contribution in [1.82, 2.24) is 34.5 Å². The first-order valence-corrected chi connectivity index (χ1v) is 9.45. The maximum absolute atomic E-state index is 12.6. The van der Waals surface area contributed by atoms with Crippen molar-refractivity contribution in [2.45, 2.75) is 32.0 Å². The highest BCUT2D eigenvalue weighted by atomic mass is 16.5. The Balaban J connectivity index is 1.51. The van der Waals surface area contributed by atoms with Crippen LogP contribution in [0.1, 0.15) is 30.5 Å². The second-order valence-corrected chi connectivity index (χ2v) is 6.93. The first-order chi connectivity index (χ1) is 14.2. The number of hydrogen-bond donors (Lipinski definition) is 2. The van der Waals surface area contributed by atoms with Gasteiger partial charge in [-0.15, -0.1) is 0 Å². The minimum Gasteiger partial charge on any atom is -0.377 e. The number of ether oxygens (including phenoxy) is 1. The number of anilines is 1. The Labute approximate surface area is 165 Å². The zero-order valence-electron chi connectivity index (χ0n) is 15.9. The van der Waals surface area contributed by atoms with Crippen LogP contribution >= 0.6 is 0 Å². The quantitative estimate of drug-likeness (QED) is 0.532. The Bertz CT molecular complexity index is 1210. The molecule has 4 heterocycles. The van der Waals surface area contributed by atoms with Gasteiger partial charge in [-0.1, -0.05) is 18.2 Å². The summed E-state index contributed by atoms with van der Waals surface area (Å²) in [6, 6.07) is 9.51. The second kappa shape index (κ2) is 7.13. The number of aromatic amines is 1. The van der Waals surface area contributed by atoms with Gasteiger partial charge in [-0.2, -0.15) is 15.2 Å². The van der Waals surface area contributed by atoms with E-state index in [0.29, 0.717) is 29.4 Å². The molecule has 0 saturated carbocycles. The van der Waals surface area contributed by atoms with Crippen LogP contribution in [0.5, 0.6) is 0 Å². The van der Waals surface area contributed by atoms with Crippen LogP contribution in [0.25, 0.3) is 16.7 Å². The molecule has 10 nitrogen and oxygen atoms in total.